The third-order valence-corrected chi connectivity index (χ3v) is 4.74. The molecular formula is C14H14BrFN2S2. The highest BCUT2D eigenvalue weighted by Crippen LogP contribution is 2.21. The smallest absolute Gasteiger partial charge is 0.128 e. The quantitative estimate of drug-likeness (QED) is 0.806. The summed E-state index contributed by atoms with van der Waals surface area (Å²) in [6.07, 6.45) is 0. The molecule has 2 aromatic rings. The zero-order valence-electron chi connectivity index (χ0n) is 10.9. The first-order valence-corrected chi connectivity index (χ1v) is 8.03. The van der Waals surface area contributed by atoms with Gasteiger partial charge >= 0.3 is 0 Å². The van der Waals surface area contributed by atoms with Crippen molar-refractivity contribution in [1.82, 2.24) is 4.90 Å². The molecular weight excluding hydrogens is 359 g/mol. The molecule has 20 heavy (non-hydrogen) atoms. The Labute approximate surface area is 135 Å². The molecule has 0 fully saturated rings. The molecule has 1 heterocycles. The maximum absolute atomic E-state index is 14.0. The Morgan fingerprint density at radius 1 is 1.40 bits per heavy atom. The van der Waals surface area contributed by atoms with Crippen LogP contribution in [0.25, 0.3) is 0 Å². The Morgan fingerprint density at radius 2 is 2.15 bits per heavy atom. The number of rotatable bonds is 5. The van der Waals surface area contributed by atoms with E-state index < -0.39 is 0 Å². The second kappa shape index (κ2) is 6.76. The van der Waals surface area contributed by atoms with Crippen LogP contribution in [0.3, 0.4) is 0 Å². The van der Waals surface area contributed by atoms with Crippen LogP contribution in [-0.4, -0.2) is 16.9 Å². The van der Waals surface area contributed by atoms with Crippen LogP contribution in [-0.2, 0) is 13.1 Å². The summed E-state index contributed by atoms with van der Waals surface area (Å²) in [5, 5.41) is 2.04. The van der Waals surface area contributed by atoms with Crippen LogP contribution in [0.4, 0.5) is 4.39 Å². The topological polar surface area (TPSA) is 29.3 Å². The van der Waals surface area contributed by atoms with Crippen LogP contribution in [0.15, 0.2) is 34.1 Å². The molecule has 0 radical (unpaired) electrons. The van der Waals surface area contributed by atoms with Gasteiger partial charge in [-0.25, -0.2) is 4.39 Å². The average molecular weight is 373 g/mol. The molecule has 2 rings (SSSR count). The van der Waals surface area contributed by atoms with Crippen molar-refractivity contribution >= 4 is 44.5 Å². The highest BCUT2D eigenvalue weighted by molar-refractivity contribution is 9.10. The molecule has 2 nitrogen and oxygen atoms in total. The molecule has 2 N–H and O–H groups in total. The first-order chi connectivity index (χ1) is 9.45. The van der Waals surface area contributed by atoms with Gasteiger partial charge in [0.1, 0.15) is 10.8 Å². The molecule has 1 aromatic heterocycles. The Balaban J connectivity index is 2.04. The van der Waals surface area contributed by atoms with Crippen LogP contribution < -0.4 is 5.73 Å². The third kappa shape index (κ3) is 4.09. The largest absolute Gasteiger partial charge is 0.389 e. The summed E-state index contributed by atoms with van der Waals surface area (Å²) in [4.78, 5) is 3.52. The van der Waals surface area contributed by atoms with Gasteiger partial charge in [0.2, 0.25) is 0 Å². The van der Waals surface area contributed by atoms with E-state index in [0.717, 1.165) is 11.0 Å². The first kappa shape index (κ1) is 15.6. The minimum absolute atomic E-state index is 0.215. The number of hydrogen-bond donors (Lipinski definition) is 1. The predicted molar refractivity (Wildman–Crippen MR) is 89.5 cm³/mol. The number of hydrogen-bond acceptors (Lipinski definition) is 3. The van der Waals surface area contributed by atoms with Crippen molar-refractivity contribution in [3.63, 3.8) is 0 Å². The van der Waals surface area contributed by atoms with E-state index in [0.29, 0.717) is 17.7 Å². The van der Waals surface area contributed by atoms with E-state index in [1.807, 2.05) is 12.4 Å². The molecule has 0 aliphatic rings. The standard InChI is InChI=1S/C14H14BrFN2S2/c1-18(7-12-5-11(15)8-20-12)6-10-3-2-9(14(17)19)4-13(10)16/h2-5,8H,6-7H2,1H3,(H2,17,19). The summed E-state index contributed by atoms with van der Waals surface area (Å²) in [5.74, 6) is -0.269. The summed E-state index contributed by atoms with van der Waals surface area (Å²) in [5.41, 5.74) is 6.69. The van der Waals surface area contributed by atoms with Crippen LogP contribution in [0.5, 0.6) is 0 Å². The van der Waals surface area contributed by atoms with E-state index in [-0.39, 0.29) is 10.8 Å². The van der Waals surface area contributed by atoms with Gasteiger partial charge in [0.25, 0.3) is 0 Å². The zero-order valence-corrected chi connectivity index (χ0v) is 14.1. The molecule has 0 bridgehead atoms. The Morgan fingerprint density at radius 3 is 2.70 bits per heavy atom. The van der Waals surface area contributed by atoms with E-state index in [2.05, 4.69) is 26.9 Å². The number of benzene rings is 1. The first-order valence-electron chi connectivity index (χ1n) is 5.95. The van der Waals surface area contributed by atoms with Crippen LogP contribution in [0.2, 0.25) is 0 Å². The number of thiophene rings is 1. The second-order valence-electron chi connectivity index (χ2n) is 4.57. The molecule has 106 valence electrons. The van der Waals surface area contributed by atoms with Crippen LogP contribution in [0.1, 0.15) is 16.0 Å². The second-order valence-corrected chi connectivity index (χ2v) is 6.93. The van der Waals surface area contributed by atoms with Gasteiger partial charge in [0, 0.05) is 38.9 Å². The molecule has 0 amide bonds. The lowest BCUT2D eigenvalue weighted by molar-refractivity contribution is 0.316. The lowest BCUT2D eigenvalue weighted by Gasteiger charge is -2.16. The molecule has 0 saturated heterocycles. The van der Waals surface area contributed by atoms with E-state index in [4.69, 9.17) is 18.0 Å². The summed E-state index contributed by atoms with van der Waals surface area (Å²) in [6.45, 7) is 1.33. The monoisotopic (exact) mass is 372 g/mol. The van der Waals surface area contributed by atoms with Gasteiger partial charge in [-0.1, -0.05) is 24.4 Å². The van der Waals surface area contributed by atoms with E-state index in [1.165, 1.54) is 10.9 Å². The Hall–Kier alpha value is -0.820. The number of nitrogens with zero attached hydrogens (tertiary/aromatic N) is 1. The van der Waals surface area contributed by atoms with Crippen molar-refractivity contribution in [2.75, 3.05) is 7.05 Å². The van der Waals surface area contributed by atoms with Gasteiger partial charge in [-0.2, -0.15) is 0 Å². The average Bonchev–Trinajstić information content (AvgIpc) is 2.77. The minimum atomic E-state index is -0.269. The minimum Gasteiger partial charge on any atom is -0.389 e. The van der Waals surface area contributed by atoms with Gasteiger partial charge in [-0.05, 0) is 35.1 Å². The lowest BCUT2D eigenvalue weighted by Crippen LogP contribution is -2.18. The Kier molecular flexibility index (Phi) is 5.26. The van der Waals surface area contributed by atoms with Crippen LogP contribution in [0, 0.1) is 5.82 Å². The van der Waals surface area contributed by atoms with Gasteiger partial charge in [-0.3, -0.25) is 4.90 Å². The normalized spacial score (nSPS) is 11.0. The maximum Gasteiger partial charge on any atom is 0.128 e. The van der Waals surface area contributed by atoms with Crippen molar-refractivity contribution in [2.45, 2.75) is 13.1 Å². The van der Waals surface area contributed by atoms with Gasteiger partial charge in [0.15, 0.2) is 0 Å². The summed E-state index contributed by atoms with van der Waals surface area (Å²) < 4.78 is 15.0. The number of thiocarbonyl (C=S) groups is 1. The van der Waals surface area contributed by atoms with Crippen molar-refractivity contribution in [2.24, 2.45) is 5.73 Å². The summed E-state index contributed by atoms with van der Waals surface area (Å²) in [6, 6.07) is 6.97. The summed E-state index contributed by atoms with van der Waals surface area (Å²) in [7, 11) is 1.97. The highest BCUT2D eigenvalue weighted by atomic mass is 79.9. The van der Waals surface area contributed by atoms with Crippen molar-refractivity contribution < 1.29 is 4.39 Å². The third-order valence-electron chi connectivity index (χ3n) is 2.83. The van der Waals surface area contributed by atoms with Gasteiger partial charge in [0.05, 0.1) is 0 Å². The van der Waals surface area contributed by atoms with E-state index in [1.54, 1.807) is 23.5 Å². The molecule has 0 atom stereocenters. The molecule has 0 spiro atoms. The SMILES string of the molecule is CN(Cc1cc(Br)cs1)Cc1ccc(C(N)=S)cc1F. The van der Waals surface area contributed by atoms with Crippen molar-refractivity contribution in [1.29, 1.82) is 0 Å². The molecule has 1 aromatic carbocycles. The molecule has 0 aliphatic heterocycles. The predicted octanol–water partition coefficient (Wildman–Crippen LogP) is 3.92. The molecule has 6 heteroatoms. The molecule has 0 aliphatic carbocycles. The molecule has 0 saturated carbocycles. The van der Waals surface area contributed by atoms with Crippen molar-refractivity contribution in [3.8, 4) is 0 Å². The van der Waals surface area contributed by atoms with Gasteiger partial charge in [-0.15, -0.1) is 11.3 Å². The van der Waals surface area contributed by atoms with E-state index in [9.17, 15) is 4.39 Å². The highest BCUT2D eigenvalue weighted by Gasteiger charge is 2.09. The zero-order chi connectivity index (χ0) is 14.7. The van der Waals surface area contributed by atoms with Gasteiger partial charge < -0.3 is 5.73 Å². The van der Waals surface area contributed by atoms with Crippen molar-refractivity contribution in [3.05, 3.63) is 55.9 Å². The fourth-order valence-corrected chi connectivity index (χ4v) is 3.54. The summed E-state index contributed by atoms with van der Waals surface area (Å²) >= 11 is 9.95. The fraction of sp³-hybridized carbons (Fsp3) is 0.214. The lowest BCUT2D eigenvalue weighted by atomic mass is 10.1. The fourth-order valence-electron chi connectivity index (χ4n) is 1.88. The Bertz CT molecular complexity index is 627. The van der Waals surface area contributed by atoms with Crippen LogP contribution >= 0.6 is 39.5 Å². The maximum atomic E-state index is 14.0. The van der Waals surface area contributed by atoms with E-state index >= 15 is 0 Å². The number of nitrogens with two attached hydrogens (primary N) is 1. The molecule has 0 unspecified atom stereocenters. The number of halogens is 2.